The van der Waals surface area contributed by atoms with Crippen LogP contribution in [0.2, 0.25) is 0 Å². The summed E-state index contributed by atoms with van der Waals surface area (Å²) in [4.78, 5) is 0. The van der Waals surface area contributed by atoms with Gasteiger partial charge < -0.3 is 28.4 Å². The maximum Gasteiger partial charge on any atom is 0.0701 e. The van der Waals surface area contributed by atoms with E-state index in [1.54, 1.807) is 0 Å². The first-order chi connectivity index (χ1) is 12.0. The van der Waals surface area contributed by atoms with Crippen LogP contribution in [0.4, 0.5) is 0 Å². The van der Waals surface area contributed by atoms with Crippen molar-refractivity contribution in [3.05, 3.63) is 0 Å². The summed E-state index contributed by atoms with van der Waals surface area (Å²) in [5.74, 6) is 3.94. The van der Waals surface area contributed by atoms with E-state index in [1.165, 1.54) is 0 Å². The van der Waals surface area contributed by atoms with Crippen LogP contribution in [0.25, 0.3) is 0 Å². The van der Waals surface area contributed by atoms with Gasteiger partial charge in [0.15, 0.2) is 0 Å². The lowest BCUT2D eigenvalue weighted by Gasteiger charge is -2.08. The summed E-state index contributed by atoms with van der Waals surface area (Å²) in [7, 11) is 0. The summed E-state index contributed by atoms with van der Waals surface area (Å²) in [6.45, 7) is 8.10. The van der Waals surface area contributed by atoms with Crippen molar-refractivity contribution in [3.8, 4) is 0 Å². The second kappa shape index (κ2) is 19.8. The molecule has 1 fully saturated rings. The van der Waals surface area contributed by atoms with Crippen molar-refractivity contribution in [1.29, 1.82) is 0 Å². The van der Waals surface area contributed by atoms with Gasteiger partial charge in [0, 0.05) is 23.0 Å². The van der Waals surface area contributed by atoms with Crippen LogP contribution in [0.5, 0.6) is 0 Å². The fourth-order valence-corrected chi connectivity index (χ4v) is 3.11. The van der Waals surface area contributed by atoms with Crippen molar-refractivity contribution in [2.45, 2.75) is 0 Å². The van der Waals surface area contributed by atoms with Crippen LogP contribution in [-0.4, -0.2) is 102 Å². The normalized spacial score (nSPS) is 24.0. The topological polar surface area (TPSA) is 55.4 Å². The van der Waals surface area contributed by atoms with Gasteiger partial charge in [-0.2, -0.15) is 23.5 Å². The summed E-state index contributed by atoms with van der Waals surface area (Å²) in [5.41, 5.74) is 0. The van der Waals surface area contributed by atoms with Crippen molar-refractivity contribution < 1.29 is 28.4 Å². The van der Waals surface area contributed by atoms with Gasteiger partial charge in [-0.25, -0.2) is 0 Å². The van der Waals surface area contributed by atoms with E-state index in [4.69, 9.17) is 28.4 Å². The van der Waals surface area contributed by atoms with Gasteiger partial charge in [0.2, 0.25) is 0 Å². The van der Waals surface area contributed by atoms with Crippen LogP contribution in [-0.2, 0) is 28.4 Å². The van der Waals surface area contributed by atoms with E-state index >= 15 is 0 Å². The lowest BCUT2D eigenvalue weighted by molar-refractivity contribution is 0.0194. The van der Waals surface area contributed by atoms with Crippen LogP contribution < -0.4 is 0 Å². The highest BCUT2D eigenvalue weighted by atomic mass is 32.2. The van der Waals surface area contributed by atoms with E-state index in [2.05, 4.69) is 0 Å². The Bertz CT molecular complexity index is 139. The Morgan fingerprint density at radius 3 is 0.750 bits per heavy atom. The Morgan fingerprint density at radius 2 is 0.500 bits per heavy atom. The van der Waals surface area contributed by atoms with Crippen LogP contribution in [0.3, 0.4) is 0 Å². The molecule has 144 valence electrons. The summed E-state index contributed by atoms with van der Waals surface area (Å²) in [6, 6.07) is 0. The highest BCUT2D eigenvalue weighted by Crippen LogP contribution is 2.00. The van der Waals surface area contributed by atoms with Crippen LogP contribution in [0.15, 0.2) is 0 Å². The third-order valence-corrected chi connectivity index (χ3v) is 4.80. The summed E-state index contributed by atoms with van der Waals surface area (Å²) >= 11 is 3.68. The SMILES string of the molecule is C1COCCSCCOCCOCCOCCSCCOCCO1. The van der Waals surface area contributed by atoms with Crippen molar-refractivity contribution >= 4 is 23.5 Å². The molecule has 0 N–H and O–H groups in total. The monoisotopic (exact) mass is 384 g/mol. The highest BCUT2D eigenvalue weighted by Gasteiger charge is 1.96. The lowest BCUT2D eigenvalue weighted by atomic mass is 10.7. The van der Waals surface area contributed by atoms with E-state index in [-0.39, 0.29) is 0 Å². The molecule has 0 aromatic heterocycles. The first-order valence-electron chi connectivity index (χ1n) is 8.62. The molecule has 0 radical (unpaired) electrons. The van der Waals surface area contributed by atoms with E-state index < -0.39 is 0 Å². The van der Waals surface area contributed by atoms with Gasteiger partial charge >= 0.3 is 0 Å². The fraction of sp³-hybridized carbons (Fsp3) is 1.00. The largest absolute Gasteiger partial charge is 0.378 e. The zero-order chi connectivity index (χ0) is 17.0. The molecule has 1 aliphatic heterocycles. The van der Waals surface area contributed by atoms with Crippen LogP contribution >= 0.6 is 23.5 Å². The maximum atomic E-state index is 5.51. The molecule has 1 heterocycles. The molecule has 0 unspecified atom stereocenters. The first-order valence-corrected chi connectivity index (χ1v) is 10.9. The van der Waals surface area contributed by atoms with Gasteiger partial charge in [-0.3, -0.25) is 0 Å². The van der Waals surface area contributed by atoms with Crippen LogP contribution in [0, 0.1) is 0 Å². The zero-order valence-electron chi connectivity index (χ0n) is 14.6. The number of thioether (sulfide) groups is 2. The smallest absolute Gasteiger partial charge is 0.0701 e. The third-order valence-electron chi connectivity index (χ3n) is 2.98. The Kier molecular flexibility index (Phi) is 18.5. The van der Waals surface area contributed by atoms with Gasteiger partial charge in [0.25, 0.3) is 0 Å². The lowest BCUT2D eigenvalue weighted by Crippen LogP contribution is -2.13. The molecule has 1 saturated heterocycles. The zero-order valence-corrected chi connectivity index (χ0v) is 16.2. The van der Waals surface area contributed by atoms with Gasteiger partial charge in [0.1, 0.15) is 0 Å². The molecule has 1 aliphatic rings. The second-order valence-corrected chi connectivity index (χ2v) is 7.35. The second-order valence-electron chi connectivity index (χ2n) is 4.90. The molecule has 0 aliphatic carbocycles. The minimum absolute atomic E-state index is 0.628. The molecule has 0 aromatic carbocycles. The molecule has 0 amide bonds. The van der Waals surface area contributed by atoms with Crippen molar-refractivity contribution in [1.82, 2.24) is 0 Å². The van der Waals surface area contributed by atoms with Crippen molar-refractivity contribution in [2.75, 3.05) is 102 Å². The highest BCUT2D eigenvalue weighted by molar-refractivity contribution is 7.99. The quantitative estimate of drug-likeness (QED) is 0.624. The predicted octanol–water partition coefficient (Wildman–Crippen LogP) is 1.57. The molecule has 0 aromatic rings. The molecule has 0 bridgehead atoms. The molecule has 0 atom stereocenters. The third kappa shape index (κ3) is 17.3. The van der Waals surface area contributed by atoms with Crippen molar-refractivity contribution in [3.63, 3.8) is 0 Å². The molecular weight excluding hydrogens is 352 g/mol. The molecule has 8 heteroatoms. The number of ether oxygens (including phenoxy) is 6. The standard InChI is InChI=1S/C16H32O6S2/c1-5-19-9-13-23-15-11-21-7-3-18-4-8-22-12-16-24-14-10-20-6-2-17-1/h1-16H2. The Morgan fingerprint density at radius 1 is 0.292 bits per heavy atom. The van der Waals surface area contributed by atoms with Gasteiger partial charge in [-0.15, -0.1) is 0 Å². The average Bonchev–Trinajstić information content (AvgIpc) is 2.59. The van der Waals surface area contributed by atoms with E-state index in [1.807, 2.05) is 23.5 Å². The number of rotatable bonds is 0. The van der Waals surface area contributed by atoms with E-state index in [9.17, 15) is 0 Å². The van der Waals surface area contributed by atoms with E-state index in [0.29, 0.717) is 52.9 Å². The van der Waals surface area contributed by atoms with Crippen LogP contribution in [0.1, 0.15) is 0 Å². The van der Waals surface area contributed by atoms with Gasteiger partial charge in [-0.1, -0.05) is 0 Å². The summed E-state index contributed by atoms with van der Waals surface area (Å²) in [6.07, 6.45) is 0. The molecule has 24 heavy (non-hydrogen) atoms. The Balaban J connectivity index is 2.00. The molecule has 0 saturated carbocycles. The fourth-order valence-electron chi connectivity index (χ4n) is 1.76. The number of hydrogen-bond acceptors (Lipinski definition) is 8. The molecule has 1 rings (SSSR count). The minimum Gasteiger partial charge on any atom is -0.378 e. The van der Waals surface area contributed by atoms with E-state index in [0.717, 1.165) is 49.4 Å². The Labute approximate surface area is 154 Å². The van der Waals surface area contributed by atoms with Crippen molar-refractivity contribution in [2.24, 2.45) is 0 Å². The summed E-state index contributed by atoms with van der Waals surface area (Å²) < 4.78 is 32.9. The molecular formula is C16H32O6S2. The minimum atomic E-state index is 0.628. The molecule has 6 nitrogen and oxygen atoms in total. The maximum absolute atomic E-state index is 5.51. The molecule has 0 spiro atoms. The van der Waals surface area contributed by atoms with Gasteiger partial charge in [0.05, 0.1) is 79.3 Å². The Hall–Kier alpha value is 0.460. The summed E-state index contributed by atoms with van der Waals surface area (Å²) in [5, 5.41) is 0. The first kappa shape index (κ1) is 22.5. The average molecular weight is 385 g/mol. The predicted molar refractivity (Wildman–Crippen MR) is 99.6 cm³/mol. The van der Waals surface area contributed by atoms with Gasteiger partial charge in [-0.05, 0) is 0 Å². The number of hydrogen-bond donors (Lipinski definition) is 0.